The van der Waals surface area contributed by atoms with Crippen LogP contribution in [0.1, 0.15) is 60.6 Å². The fourth-order valence-electron chi connectivity index (χ4n) is 3.17. The first-order valence-electron chi connectivity index (χ1n) is 10.8. The molecule has 0 unspecified atom stereocenters. The number of nitrogens with one attached hydrogen (secondary N) is 1. The highest BCUT2D eigenvalue weighted by Crippen LogP contribution is 2.30. The molecule has 0 aliphatic rings. The standard InChI is InChI=1S/C22H32ClN5O5S/c1-8-11-26(34(32,33)15-9-10-16(23)17(12-15)28(30)31)14-20(29)24-19-13-18(21(2,3)4)25-27(19)22(5,6)7/h9-10,12-13H,8,11,14H2,1-7H3,(H,24,29). The summed E-state index contributed by atoms with van der Waals surface area (Å²) in [4.78, 5) is 23.1. The average molecular weight is 514 g/mol. The van der Waals surface area contributed by atoms with Gasteiger partial charge in [0.05, 0.1) is 27.6 Å². The molecule has 34 heavy (non-hydrogen) atoms. The number of carbonyl (C=O) groups excluding carboxylic acids is 1. The number of nitrogens with zero attached hydrogens (tertiary/aromatic N) is 4. The first-order chi connectivity index (χ1) is 15.5. The monoisotopic (exact) mass is 513 g/mol. The average Bonchev–Trinajstić information content (AvgIpc) is 3.12. The van der Waals surface area contributed by atoms with Crippen molar-refractivity contribution >= 4 is 39.0 Å². The molecule has 0 bridgehead atoms. The molecule has 0 spiro atoms. The minimum Gasteiger partial charge on any atom is -0.310 e. The van der Waals surface area contributed by atoms with Gasteiger partial charge in [0, 0.05) is 24.1 Å². The van der Waals surface area contributed by atoms with E-state index in [9.17, 15) is 23.3 Å². The minimum atomic E-state index is -4.19. The smallest absolute Gasteiger partial charge is 0.289 e. The number of amides is 1. The maximum absolute atomic E-state index is 13.2. The third-order valence-electron chi connectivity index (χ3n) is 4.93. The summed E-state index contributed by atoms with van der Waals surface area (Å²) in [7, 11) is -4.19. The van der Waals surface area contributed by atoms with Crippen LogP contribution in [0.3, 0.4) is 0 Å². The molecule has 0 radical (unpaired) electrons. The van der Waals surface area contributed by atoms with Crippen LogP contribution in [0.5, 0.6) is 0 Å². The Bertz CT molecular complexity index is 1180. The van der Waals surface area contributed by atoms with Crippen molar-refractivity contribution in [2.75, 3.05) is 18.4 Å². The van der Waals surface area contributed by atoms with Gasteiger partial charge in [-0.25, -0.2) is 13.1 Å². The summed E-state index contributed by atoms with van der Waals surface area (Å²) in [5, 5.41) is 18.5. The maximum atomic E-state index is 13.2. The van der Waals surface area contributed by atoms with Gasteiger partial charge in [-0.3, -0.25) is 14.9 Å². The van der Waals surface area contributed by atoms with E-state index in [-0.39, 0.29) is 21.9 Å². The molecule has 2 aromatic rings. The van der Waals surface area contributed by atoms with Crippen LogP contribution in [-0.4, -0.2) is 46.4 Å². The third kappa shape index (κ3) is 6.34. The Morgan fingerprint density at radius 3 is 2.32 bits per heavy atom. The van der Waals surface area contributed by atoms with Gasteiger partial charge in [0.15, 0.2) is 0 Å². The zero-order chi connectivity index (χ0) is 26.1. The molecule has 12 heteroatoms. The Balaban J connectivity index is 2.37. The van der Waals surface area contributed by atoms with Gasteiger partial charge >= 0.3 is 0 Å². The van der Waals surface area contributed by atoms with Crippen molar-refractivity contribution in [3.05, 3.63) is 45.1 Å². The van der Waals surface area contributed by atoms with Gasteiger partial charge < -0.3 is 5.32 Å². The van der Waals surface area contributed by atoms with Crippen LogP contribution in [-0.2, 0) is 25.8 Å². The Morgan fingerprint density at radius 1 is 1.21 bits per heavy atom. The molecule has 1 aromatic carbocycles. The SMILES string of the molecule is CCCN(CC(=O)Nc1cc(C(C)(C)C)nn1C(C)(C)C)S(=O)(=O)c1ccc(Cl)c([N+](=O)[O-])c1. The molecule has 0 saturated carbocycles. The number of nitro benzene ring substituents is 1. The topological polar surface area (TPSA) is 127 Å². The van der Waals surface area contributed by atoms with Crippen molar-refractivity contribution in [1.29, 1.82) is 0 Å². The number of aromatic nitrogens is 2. The summed E-state index contributed by atoms with van der Waals surface area (Å²) < 4.78 is 29.1. The molecule has 0 fully saturated rings. The first-order valence-corrected chi connectivity index (χ1v) is 12.6. The predicted octanol–water partition coefficient (Wildman–Crippen LogP) is 4.54. The molecule has 0 saturated heterocycles. The molecule has 2 rings (SSSR count). The van der Waals surface area contributed by atoms with Gasteiger partial charge in [-0.05, 0) is 39.3 Å². The van der Waals surface area contributed by atoms with E-state index in [1.165, 1.54) is 6.07 Å². The van der Waals surface area contributed by atoms with Crippen molar-refractivity contribution in [3.63, 3.8) is 0 Å². The quantitative estimate of drug-likeness (QED) is 0.407. The third-order valence-corrected chi connectivity index (χ3v) is 7.09. The molecular formula is C22H32ClN5O5S. The highest BCUT2D eigenvalue weighted by atomic mass is 35.5. The molecule has 0 aliphatic carbocycles. The number of sulfonamides is 1. The lowest BCUT2D eigenvalue weighted by atomic mass is 9.92. The van der Waals surface area contributed by atoms with Crippen LogP contribution >= 0.6 is 11.6 Å². The van der Waals surface area contributed by atoms with Crippen LogP contribution in [0.15, 0.2) is 29.2 Å². The van der Waals surface area contributed by atoms with E-state index >= 15 is 0 Å². The molecule has 1 heterocycles. The van der Waals surface area contributed by atoms with E-state index in [4.69, 9.17) is 11.6 Å². The van der Waals surface area contributed by atoms with E-state index in [1.54, 1.807) is 17.7 Å². The number of halogens is 1. The van der Waals surface area contributed by atoms with E-state index in [0.717, 1.165) is 22.1 Å². The van der Waals surface area contributed by atoms with Gasteiger partial charge in [-0.15, -0.1) is 0 Å². The van der Waals surface area contributed by atoms with Crippen molar-refractivity contribution in [3.8, 4) is 0 Å². The lowest BCUT2D eigenvalue weighted by Crippen LogP contribution is -2.39. The second-order valence-corrected chi connectivity index (χ2v) is 12.3. The van der Waals surface area contributed by atoms with E-state index in [2.05, 4.69) is 10.4 Å². The van der Waals surface area contributed by atoms with Crippen LogP contribution in [0.4, 0.5) is 11.5 Å². The summed E-state index contributed by atoms with van der Waals surface area (Å²) in [5.41, 5.74) is -0.419. The predicted molar refractivity (Wildman–Crippen MR) is 132 cm³/mol. The number of anilines is 1. The normalized spacial score (nSPS) is 12.7. The van der Waals surface area contributed by atoms with E-state index in [0.29, 0.717) is 12.2 Å². The molecule has 10 nitrogen and oxygen atoms in total. The Morgan fingerprint density at radius 2 is 1.82 bits per heavy atom. The number of nitro groups is 1. The maximum Gasteiger partial charge on any atom is 0.289 e. The first kappa shape index (κ1) is 27.7. The largest absolute Gasteiger partial charge is 0.310 e. The van der Waals surface area contributed by atoms with Crippen LogP contribution in [0, 0.1) is 10.1 Å². The Labute approximate surface area is 205 Å². The van der Waals surface area contributed by atoms with Gasteiger partial charge in [0.25, 0.3) is 5.69 Å². The highest BCUT2D eigenvalue weighted by Gasteiger charge is 2.30. The van der Waals surface area contributed by atoms with E-state index in [1.807, 2.05) is 41.5 Å². The van der Waals surface area contributed by atoms with Crippen LogP contribution < -0.4 is 5.32 Å². The summed E-state index contributed by atoms with van der Waals surface area (Å²) in [5.74, 6) is -0.0928. The fourth-order valence-corrected chi connectivity index (χ4v) is 4.86. The second-order valence-electron chi connectivity index (χ2n) is 10.0. The zero-order valence-electron chi connectivity index (χ0n) is 20.5. The summed E-state index contributed by atoms with van der Waals surface area (Å²) in [6.07, 6.45) is 0.441. The van der Waals surface area contributed by atoms with Crippen LogP contribution in [0.2, 0.25) is 5.02 Å². The van der Waals surface area contributed by atoms with Gasteiger partial charge in [-0.2, -0.15) is 9.40 Å². The molecule has 1 N–H and O–H groups in total. The highest BCUT2D eigenvalue weighted by molar-refractivity contribution is 7.89. The Kier molecular flexibility index (Phi) is 8.17. The number of hydrogen-bond donors (Lipinski definition) is 1. The zero-order valence-corrected chi connectivity index (χ0v) is 22.1. The van der Waals surface area contributed by atoms with Crippen molar-refractivity contribution in [2.45, 2.75) is 70.7 Å². The van der Waals surface area contributed by atoms with Gasteiger partial charge in [0.2, 0.25) is 15.9 Å². The van der Waals surface area contributed by atoms with Crippen LogP contribution in [0.25, 0.3) is 0 Å². The van der Waals surface area contributed by atoms with E-state index < -0.39 is 38.6 Å². The molecule has 0 atom stereocenters. The van der Waals surface area contributed by atoms with Crippen molar-refractivity contribution in [2.24, 2.45) is 0 Å². The Hall–Kier alpha value is -2.50. The minimum absolute atomic E-state index is 0.0535. The number of benzene rings is 1. The molecular weight excluding hydrogens is 482 g/mol. The van der Waals surface area contributed by atoms with Crippen molar-refractivity contribution in [1.82, 2.24) is 14.1 Å². The lowest BCUT2D eigenvalue weighted by molar-refractivity contribution is -0.384. The van der Waals surface area contributed by atoms with Crippen molar-refractivity contribution < 1.29 is 18.1 Å². The lowest BCUT2D eigenvalue weighted by Gasteiger charge is -2.24. The molecule has 1 amide bonds. The molecule has 1 aromatic heterocycles. The fraction of sp³-hybridized carbons (Fsp3) is 0.545. The van der Waals surface area contributed by atoms with Gasteiger partial charge in [-0.1, -0.05) is 39.3 Å². The number of carbonyl (C=O) groups is 1. The summed E-state index contributed by atoms with van der Waals surface area (Å²) in [6, 6.07) is 5.04. The number of rotatable bonds is 8. The second kappa shape index (κ2) is 10.0. The summed E-state index contributed by atoms with van der Waals surface area (Å²) >= 11 is 5.82. The molecule has 0 aliphatic heterocycles. The number of hydrogen-bond acceptors (Lipinski definition) is 6. The van der Waals surface area contributed by atoms with Gasteiger partial charge in [0.1, 0.15) is 10.8 Å². The summed E-state index contributed by atoms with van der Waals surface area (Å²) in [6.45, 7) is 13.2. The molecule has 188 valence electrons.